The van der Waals surface area contributed by atoms with Crippen LogP contribution in [-0.4, -0.2) is 33.0 Å². The van der Waals surface area contributed by atoms with Crippen molar-refractivity contribution in [3.05, 3.63) is 112 Å². The molecular formula is C29H27Cl2FN4O2. The Morgan fingerprint density at radius 3 is 2.34 bits per heavy atom. The Hall–Kier alpha value is -3.68. The summed E-state index contributed by atoms with van der Waals surface area (Å²) in [5, 5.41) is 8.33. The fourth-order valence-electron chi connectivity index (χ4n) is 3.81. The van der Waals surface area contributed by atoms with Crippen LogP contribution in [0.4, 0.5) is 10.2 Å². The van der Waals surface area contributed by atoms with Gasteiger partial charge in [0.1, 0.15) is 18.2 Å². The summed E-state index contributed by atoms with van der Waals surface area (Å²) >= 11 is 12.3. The normalized spacial score (nSPS) is 11.3. The quantitative estimate of drug-likeness (QED) is 0.271. The van der Waals surface area contributed by atoms with Crippen LogP contribution in [0.25, 0.3) is 5.69 Å². The maximum atomic E-state index is 13.8. The van der Waals surface area contributed by atoms with Crippen LogP contribution in [0.5, 0.6) is 0 Å². The Morgan fingerprint density at radius 1 is 0.947 bits per heavy atom. The molecule has 4 aromatic rings. The molecule has 0 aliphatic heterocycles. The smallest absolute Gasteiger partial charge is 0.254 e. The first-order valence-corrected chi connectivity index (χ1v) is 12.7. The molecule has 0 atom stereocenters. The van der Waals surface area contributed by atoms with Gasteiger partial charge >= 0.3 is 0 Å². The highest BCUT2D eigenvalue weighted by Crippen LogP contribution is 2.29. The number of halogens is 3. The van der Waals surface area contributed by atoms with Crippen molar-refractivity contribution in [3.8, 4) is 5.69 Å². The molecule has 2 amide bonds. The number of rotatable bonds is 7. The predicted molar refractivity (Wildman–Crippen MR) is 148 cm³/mol. The van der Waals surface area contributed by atoms with E-state index in [4.69, 9.17) is 28.3 Å². The maximum Gasteiger partial charge on any atom is 0.254 e. The van der Waals surface area contributed by atoms with Crippen LogP contribution in [0.2, 0.25) is 10.0 Å². The fraction of sp³-hybridized carbons (Fsp3) is 0.207. The lowest BCUT2D eigenvalue weighted by Crippen LogP contribution is -2.38. The topological polar surface area (TPSA) is 67.2 Å². The summed E-state index contributed by atoms with van der Waals surface area (Å²) in [6.07, 6.45) is 0. The van der Waals surface area contributed by atoms with Crippen LogP contribution in [0, 0.1) is 5.82 Å². The lowest BCUT2D eigenvalue weighted by Gasteiger charge is -2.23. The molecule has 1 aromatic heterocycles. The minimum atomic E-state index is -0.528. The van der Waals surface area contributed by atoms with Crippen LogP contribution in [-0.2, 0) is 16.8 Å². The van der Waals surface area contributed by atoms with E-state index in [-0.39, 0.29) is 24.1 Å². The van der Waals surface area contributed by atoms with Crippen molar-refractivity contribution in [2.45, 2.75) is 32.7 Å². The van der Waals surface area contributed by atoms with Gasteiger partial charge in [-0.15, -0.1) is 0 Å². The van der Waals surface area contributed by atoms with Gasteiger partial charge in [0.15, 0.2) is 0 Å². The van der Waals surface area contributed by atoms with Crippen molar-refractivity contribution in [2.75, 3.05) is 11.9 Å². The number of benzene rings is 3. The van der Waals surface area contributed by atoms with Crippen molar-refractivity contribution in [2.24, 2.45) is 0 Å². The largest absolute Gasteiger partial charge is 0.325 e. The molecular weight excluding hydrogens is 526 g/mol. The molecule has 3 aromatic carbocycles. The van der Waals surface area contributed by atoms with E-state index in [0.29, 0.717) is 21.6 Å². The molecule has 0 aliphatic carbocycles. The van der Waals surface area contributed by atoms with Crippen molar-refractivity contribution < 1.29 is 14.0 Å². The van der Waals surface area contributed by atoms with Crippen LogP contribution in [0.15, 0.2) is 78.9 Å². The molecule has 0 spiro atoms. The van der Waals surface area contributed by atoms with E-state index in [2.05, 4.69) is 5.32 Å². The summed E-state index contributed by atoms with van der Waals surface area (Å²) < 4.78 is 15.4. The Bertz CT molecular complexity index is 1470. The summed E-state index contributed by atoms with van der Waals surface area (Å²) in [7, 11) is 0. The molecule has 0 bridgehead atoms. The molecule has 196 valence electrons. The third-order valence-corrected chi connectivity index (χ3v) is 6.54. The van der Waals surface area contributed by atoms with E-state index in [0.717, 1.165) is 17.3 Å². The van der Waals surface area contributed by atoms with Gasteiger partial charge in [0.05, 0.1) is 21.4 Å². The van der Waals surface area contributed by atoms with Gasteiger partial charge in [-0.2, -0.15) is 5.10 Å². The summed E-state index contributed by atoms with van der Waals surface area (Å²) in [6, 6.07) is 21.6. The second kappa shape index (κ2) is 11.4. The Labute approximate surface area is 231 Å². The molecule has 6 nitrogen and oxygen atoms in total. The third kappa shape index (κ3) is 6.60. The highest BCUT2D eigenvalue weighted by molar-refractivity contribution is 6.42. The number of amides is 2. The van der Waals surface area contributed by atoms with Gasteiger partial charge in [0.2, 0.25) is 5.91 Å². The number of carbonyl (C=O) groups is 2. The third-order valence-electron chi connectivity index (χ3n) is 5.80. The lowest BCUT2D eigenvalue weighted by molar-refractivity contribution is -0.117. The highest BCUT2D eigenvalue weighted by Gasteiger charge is 2.24. The summed E-state index contributed by atoms with van der Waals surface area (Å²) in [5.74, 6) is -1.01. The zero-order chi connectivity index (χ0) is 27.4. The van der Waals surface area contributed by atoms with Crippen molar-refractivity contribution in [3.63, 3.8) is 0 Å². The number of hydrogen-bond acceptors (Lipinski definition) is 3. The molecule has 0 fully saturated rings. The maximum absolute atomic E-state index is 13.8. The second-order valence-electron chi connectivity index (χ2n) is 9.88. The van der Waals surface area contributed by atoms with Gasteiger partial charge in [-0.05, 0) is 42.0 Å². The minimum Gasteiger partial charge on any atom is -0.325 e. The fourth-order valence-corrected chi connectivity index (χ4v) is 4.11. The first kappa shape index (κ1) is 27.4. The molecule has 0 saturated carbocycles. The molecule has 1 heterocycles. The zero-order valence-electron chi connectivity index (χ0n) is 21.2. The summed E-state index contributed by atoms with van der Waals surface area (Å²) in [5.41, 5.74) is 2.05. The SMILES string of the molecule is CC(C)(C)c1cc(NC(=O)CN(Cc2ccccc2)C(=O)c2cccc(F)c2)n(-c2ccc(Cl)c(Cl)c2)n1. The summed E-state index contributed by atoms with van der Waals surface area (Å²) in [6.45, 7) is 5.95. The van der Waals surface area contributed by atoms with Gasteiger partial charge in [-0.3, -0.25) is 9.59 Å². The lowest BCUT2D eigenvalue weighted by atomic mass is 9.92. The molecule has 4 rings (SSSR count). The van der Waals surface area contributed by atoms with Crippen LogP contribution >= 0.6 is 23.2 Å². The van der Waals surface area contributed by atoms with Gasteiger partial charge in [-0.25, -0.2) is 9.07 Å². The number of nitrogens with one attached hydrogen (secondary N) is 1. The molecule has 0 radical (unpaired) electrons. The highest BCUT2D eigenvalue weighted by atomic mass is 35.5. The van der Waals surface area contributed by atoms with Crippen LogP contribution in [0.1, 0.15) is 42.4 Å². The zero-order valence-corrected chi connectivity index (χ0v) is 22.7. The average Bonchev–Trinajstić information content (AvgIpc) is 3.30. The molecule has 9 heteroatoms. The molecule has 0 unspecified atom stereocenters. The van der Waals surface area contributed by atoms with Gasteiger partial charge in [-0.1, -0.05) is 80.4 Å². The Kier molecular flexibility index (Phi) is 8.19. The van der Waals surface area contributed by atoms with E-state index in [1.807, 2.05) is 51.1 Å². The predicted octanol–water partition coefficient (Wildman–Crippen LogP) is 6.90. The van der Waals surface area contributed by atoms with E-state index >= 15 is 0 Å². The Morgan fingerprint density at radius 2 is 1.68 bits per heavy atom. The standard InChI is InChI=1S/C29H27Cl2FN4O2/c1-29(2,3)25-16-26(36(34-25)22-12-13-23(30)24(31)15-22)33-27(37)18-35(17-19-8-5-4-6-9-19)28(38)20-10-7-11-21(32)14-20/h4-16H,17-18H2,1-3H3,(H,33,37). The van der Waals surface area contributed by atoms with Crippen molar-refractivity contribution in [1.29, 1.82) is 0 Å². The van der Waals surface area contributed by atoms with E-state index in [9.17, 15) is 14.0 Å². The number of anilines is 1. The van der Waals surface area contributed by atoms with E-state index in [1.54, 1.807) is 28.9 Å². The molecule has 0 saturated heterocycles. The molecule has 1 N–H and O–H groups in total. The number of aromatic nitrogens is 2. The van der Waals surface area contributed by atoms with Gasteiger partial charge in [0, 0.05) is 23.6 Å². The van der Waals surface area contributed by atoms with E-state index in [1.165, 1.54) is 23.1 Å². The average molecular weight is 553 g/mol. The number of hydrogen-bond donors (Lipinski definition) is 1. The van der Waals surface area contributed by atoms with Crippen molar-refractivity contribution >= 4 is 40.8 Å². The first-order valence-electron chi connectivity index (χ1n) is 12.0. The van der Waals surface area contributed by atoms with Gasteiger partial charge < -0.3 is 10.2 Å². The van der Waals surface area contributed by atoms with E-state index < -0.39 is 17.6 Å². The number of nitrogens with zero attached hydrogens (tertiary/aromatic N) is 3. The first-order chi connectivity index (χ1) is 18.0. The summed E-state index contributed by atoms with van der Waals surface area (Å²) in [4.78, 5) is 28.0. The molecule has 0 aliphatic rings. The van der Waals surface area contributed by atoms with Crippen molar-refractivity contribution in [1.82, 2.24) is 14.7 Å². The second-order valence-corrected chi connectivity index (χ2v) is 10.7. The molecule has 38 heavy (non-hydrogen) atoms. The van der Waals surface area contributed by atoms with Crippen LogP contribution in [0.3, 0.4) is 0 Å². The van der Waals surface area contributed by atoms with Crippen LogP contribution < -0.4 is 5.32 Å². The van der Waals surface area contributed by atoms with Gasteiger partial charge in [0.25, 0.3) is 5.91 Å². The number of carbonyl (C=O) groups excluding carboxylic acids is 2. The minimum absolute atomic E-state index is 0.157. The Balaban J connectivity index is 1.63. The monoisotopic (exact) mass is 552 g/mol.